The fourth-order valence-corrected chi connectivity index (χ4v) is 1.79. The van der Waals surface area contributed by atoms with Crippen LogP contribution in [0.3, 0.4) is 0 Å². The van der Waals surface area contributed by atoms with Crippen LogP contribution in [-0.4, -0.2) is 33.3 Å². The number of ether oxygens (including phenoxy) is 1. The quantitative estimate of drug-likeness (QED) is 0.478. The first-order chi connectivity index (χ1) is 7.67. The third-order valence-electron chi connectivity index (χ3n) is 2.12. The lowest BCUT2D eigenvalue weighted by molar-refractivity contribution is -0.139. The first-order valence-corrected chi connectivity index (χ1v) is 6.36. The van der Waals surface area contributed by atoms with E-state index in [2.05, 4.69) is 37.7 Å². The predicted molar refractivity (Wildman–Crippen MR) is 69.4 cm³/mol. The van der Waals surface area contributed by atoms with E-state index < -0.39 is 0 Å². The van der Waals surface area contributed by atoms with Crippen LogP contribution in [0.15, 0.2) is 12.4 Å². The number of nitrogens with zero attached hydrogens (tertiary/aromatic N) is 2. The van der Waals surface area contributed by atoms with Gasteiger partial charge < -0.3 is 10.1 Å². The summed E-state index contributed by atoms with van der Waals surface area (Å²) >= 11 is 2.06. The molecule has 0 spiro atoms. The maximum Gasteiger partial charge on any atom is 0.319 e. The van der Waals surface area contributed by atoms with E-state index in [9.17, 15) is 4.79 Å². The summed E-state index contributed by atoms with van der Waals surface area (Å²) in [6.07, 6.45) is 3.82. The third kappa shape index (κ3) is 4.09. The van der Waals surface area contributed by atoms with Crippen molar-refractivity contribution < 1.29 is 9.53 Å². The summed E-state index contributed by atoms with van der Waals surface area (Å²) in [5, 5.41) is 7.36. The Morgan fingerprint density at radius 3 is 3.06 bits per heavy atom. The number of carbonyl (C=O) groups is 1. The molecule has 1 atom stereocenters. The largest absolute Gasteiger partial charge is 0.468 e. The van der Waals surface area contributed by atoms with Crippen molar-refractivity contribution in [3.8, 4) is 0 Å². The minimum absolute atomic E-state index is 0.149. The number of carbonyl (C=O) groups excluding carboxylic acids is 1. The van der Waals surface area contributed by atoms with Crippen molar-refractivity contribution in [2.75, 3.05) is 13.7 Å². The maximum absolute atomic E-state index is 11.1. The molecule has 0 bridgehead atoms. The lowest BCUT2D eigenvalue weighted by Crippen LogP contribution is -2.29. The molecule has 0 aromatic carbocycles. The number of hydrogen-bond acceptors (Lipinski definition) is 4. The Balaban J connectivity index is 2.27. The fraction of sp³-hybridized carbons (Fsp3) is 0.600. The van der Waals surface area contributed by atoms with E-state index >= 15 is 0 Å². The Kier molecular flexibility index (Phi) is 5.75. The Morgan fingerprint density at radius 1 is 1.75 bits per heavy atom. The normalized spacial score (nSPS) is 12.4. The van der Waals surface area contributed by atoms with Crippen LogP contribution in [0.5, 0.6) is 0 Å². The molecule has 90 valence electrons. The molecule has 16 heavy (non-hydrogen) atoms. The van der Waals surface area contributed by atoms with Gasteiger partial charge in [-0.15, -0.1) is 0 Å². The molecule has 1 heterocycles. The van der Waals surface area contributed by atoms with E-state index in [1.807, 2.05) is 24.0 Å². The van der Waals surface area contributed by atoms with E-state index in [4.69, 9.17) is 0 Å². The van der Waals surface area contributed by atoms with Crippen molar-refractivity contribution in [3.05, 3.63) is 18.0 Å². The molecule has 1 rings (SSSR count). The summed E-state index contributed by atoms with van der Waals surface area (Å²) in [4.78, 5) is 11.1. The Bertz CT molecular complexity index is 341. The number of methoxy groups -OCH3 is 1. The number of aryl methyl sites for hydroxylation is 1. The molecule has 0 aliphatic carbocycles. The van der Waals surface area contributed by atoms with Gasteiger partial charge in [-0.1, -0.05) is 22.6 Å². The standard InChI is InChI=1S/C10H16IN3O2/c1-3-14-7-8(5-13-14)4-12-6-9(11)10(15)16-2/h5,7,9,12H,3-4,6H2,1-2H3. The van der Waals surface area contributed by atoms with Crippen molar-refractivity contribution in [1.82, 2.24) is 15.1 Å². The second kappa shape index (κ2) is 6.85. The van der Waals surface area contributed by atoms with Crippen molar-refractivity contribution in [1.29, 1.82) is 0 Å². The zero-order chi connectivity index (χ0) is 12.0. The van der Waals surface area contributed by atoms with Crippen LogP contribution in [0, 0.1) is 0 Å². The highest BCUT2D eigenvalue weighted by Gasteiger charge is 2.13. The van der Waals surface area contributed by atoms with Crippen molar-refractivity contribution >= 4 is 28.6 Å². The van der Waals surface area contributed by atoms with Gasteiger partial charge in [0.1, 0.15) is 3.92 Å². The first-order valence-electron chi connectivity index (χ1n) is 5.11. The van der Waals surface area contributed by atoms with Crippen LogP contribution in [-0.2, 0) is 22.6 Å². The monoisotopic (exact) mass is 337 g/mol. The minimum atomic E-state index is -0.197. The SMILES string of the molecule is CCn1cc(CNCC(I)C(=O)OC)cn1. The highest BCUT2D eigenvalue weighted by atomic mass is 127. The summed E-state index contributed by atoms with van der Waals surface area (Å²) in [7, 11) is 1.40. The van der Waals surface area contributed by atoms with Crippen LogP contribution in [0.2, 0.25) is 0 Å². The smallest absolute Gasteiger partial charge is 0.319 e. The fourth-order valence-electron chi connectivity index (χ4n) is 1.23. The molecule has 5 nitrogen and oxygen atoms in total. The number of nitrogens with one attached hydrogen (secondary N) is 1. The van der Waals surface area contributed by atoms with Crippen LogP contribution < -0.4 is 5.32 Å². The van der Waals surface area contributed by atoms with Gasteiger partial charge in [-0.3, -0.25) is 9.48 Å². The molecule has 1 unspecified atom stereocenters. The molecule has 0 saturated heterocycles. The van der Waals surface area contributed by atoms with Gasteiger partial charge >= 0.3 is 5.97 Å². The number of esters is 1. The number of hydrogen-bond donors (Lipinski definition) is 1. The van der Waals surface area contributed by atoms with Crippen molar-refractivity contribution in [2.45, 2.75) is 23.9 Å². The van der Waals surface area contributed by atoms with Crippen LogP contribution in [0.1, 0.15) is 12.5 Å². The topological polar surface area (TPSA) is 56.2 Å². The van der Waals surface area contributed by atoms with Crippen LogP contribution in [0.4, 0.5) is 0 Å². The van der Waals surface area contributed by atoms with E-state index in [0.29, 0.717) is 6.54 Å². The van der Waals surface area contributed by atoms with Gasteiger partial charge in [-0.05, 0) is 6.92 Å². The van der Waals surface area contributed by atoms with Gasteiger partial charge in [-0.25, -0.2) is 0 Å². The molecule has 6 heteroatoms. The minimum Gasteiger partial charge on any atom is -0.468 e. The molecule has 0 fully saturated rings. The zero-order valence-corrected chi connectivity index (χ0v) is 11.6. The first kappa shape index (κ1) is 13.4. The summed E-state index contributed by atoms with van der Waals surface area (Å²) < 4.78 is 6.36. The molecule has 1 aromatic rings. The Morgan fingerprint density at radius 2 is 2.50 bits per heavy atom. The molecular formula is C10H16IN3O2. The predicted octanol–water partition coefficient (Wildman–Crippen LogP) is 0.969. The summed E-state index contributed by atoms with van der Waals surface area (Å²) in [6, 6.07) is 0. The molecule has 0 saturated carbocycles. The van der Waals surface area contributed by atoms with Gasteiger partial charge in [0.25, 0.3) is 0 Å². The number of aromatic nitrogens is 2. The third-order valence-corrected chi connectivity index (χ3v) is 3.07. The number of alkyl halides is 1. The zero-order valence-electron chi connectivity index (χ0n) is 9.44. The average Bonchev–Trinajstić information content (AvgIpc) is 2.75. The summed E-state index contributed by atoms with van der Waals surface area (Å²) in [5.41, 5.74) is 1.12. The van der Waals surface area contributed by atoms with Crippen molar-refractivity contribution in [2.24, 2.45) is 0 Å². The summed E-state index contributed by atoms with van der Waals surface area (Å²) in [6.45, 7) is 4.24. The molecular weight excluding hydrogens is 321 g/mol. The summed E-state index contributed by atoms with van der Waals surface area (Å²) in [5.74, 6) is -0.197. The van der Waals surface area contributed by atoms with E-state index in [1.54, 1.807) is 0 Å². The highest BCUT2D eigenvalue weighted by Crippen LogP contribution is 2.02. The van der Waals surface area contributed by atoms with Gasteiger partial charge in [0.2, 0.25) is 0 Å². The van der Waals surface area contributed by atoms with E-state index in [-0.39, 0.29) is 9.89 Å². The van der Waals surface area contributed by atoms with Crippen molar-refractivity contribution in [3.63, 3.8) is 0 Å². The second-order valence-electron chi connectivity index (χ2n) is 3.33. The molecule has 0 aliphatic rings. The number of halogens is 1. The van der Waals surface area contributed by atoms with Gasteiger partial charge in [0.15, 0.2) is 0 Å². The number of rotatable bonds is 6. The second-order valence-corrected chi connectivity index (χ2v) is 4.83. The molecule has 0 radical (unpaired) electrons. The molecule has 1 aromatic heterocycles. The van der Waals surface area contributed by atoms with Gasteiger partial charge in [0.05, 0.1) is 13.3 Å². The van der Waals surface area contributed by atoms with Crippen LogP contribution >= 0.6 is 22.6 Å². The molecule has 0 aliphatic heterocycles. The maximum atomic E-state index is 11.1. The van der Waals surface area contributed by atoms with Crippen LogP contribution in [0.25, 0.3) is 0 Å². The average molecular weight is 337 g/mol. The Hall–Kier alpha value is -0.630. The molecule has 0 amide bonds. The van der Waals surface area contributed by atoms with Gasteiger partial charge in [-0.2, -0.15) is 5.10 Å². The Labute approximate surface area is 109 Å². The molecule has 1 N–H and O–H groups in total. The lowest BCUT2D eigenvalue weighted by atomic mass is 10.3. The highest BCUT2D eigenvalue weighted by molar-refractivity contribution is 14.1. The van der Waals surface area contributed by atoms with E-state index in [1.165, 1.54) is 7.11 Å². The van der Waals surface area contributed by atoms with E-state index in [0.717, 1.165) is 18.7 Å². The lowest BCUT2D eigenvalue weighted by Gasteiger charge is -2.07. The van der Waals surface area contributed by atoms with Gasteiger partial charge in [0, 0.05) is 31.4 Å².